The van der Waals surface area contributed by atoms with Gasteiger partial charge in [-0.15, -0.1) is 0 Å². The Morgan fingerprint density at radius 2 is 2.00 bits per heavy atom. The Morgan fingerprint density at radius 1 is 1.33 bits per heavy atom. The fourth-order valence-electron chi connectivity index (χ4n) is 1.26. The molecule has 0 N–H and O–H groups in total. The average molecular weight is 266 g/mol. The van der Waals surface area contributed by atoms with Crippen molar-refractivity contribution in [1.82, 2.24) is 9.97 Å². The van der Waals surface area contributed by atoms with Gasteiger partial charge in [0.15, 0.2) is 0 Å². The first-order valence-corrected chi connectivity index (χ1v) is 5.35. The lowest BCUT2D eigenvalue weighted by Gasteiger charge is -2.06. The lowest BCUT2D eigenvalue weighted by Crippen LogP contribution is -1.94. The Labute approximate surface area is 107 Å². The molecule has 0 atom stereocenters. The Balaban J connectivity index is 2.23. The van der Waals surface area contributed by atoms with Crippen molar-refractivity contribution >= 4 is 17.3 Å². The van der Waals surface area contributed by atoms with Crippen LogP contribution in [0.25, 0.3) is 0 Å². The van der Waals surface area contributed by atoms with Gasteiger partial charge in [-0.25, -0.2) is 4.98 Å². The highest BCUT2D eigenvalue weighted by molar-refractivity contribution is 6.28. The molecule has 1 aromatic heterocycles. The maximum atomic E-state index is 10.5. The van der Waals surface area contributed by atoms with E-state index in [2.05, 4.69) is 9.97 Å². The number of aryl methyl sites for hydroxylation is 1. The van der Waals surface area contributed by atoms with E-state index in [9.17, 15) is 10.1 Å². The molecule has 0 radical (unpaired) electrons. The molecule has 1 aromatic carbocycles. The van der Waals surface area contributed by atoms with E-state index >= 15 is 0 Å². The van der Waals surface area contributed by atoms with Gasteiger partial charge >= 0.3 is 0 Å². The summed E-state index contributed by atoms with van der Waals surface area (Å²) >= 11 is 5.66. The van der Waals surface area contributed by atoms with Crippen molar-refractivity contribution in [2.24, 2.45) is 0 Å². The fraction of sp³-hybridized carbons (Fsp3) is 0.0909. The third-order valence-electron chi connectivity index (χ3n) is 2.16. The number of nitro benzene ring substituents is 1. The van der Waals surface area contributed by atoms with Gasteiger partial charge < -0.3 is 4.74 Å². The minimum Gasteiger partial charge on any atom is -0.439 e. The monoisotopic (exact) mass is 265 g/mol. The van der Waals surface area contributed by atoms with Crippen LogP contribution in [-0.2, 0) is 0 Å². The fourth-order valence-corrected chi connectivity index (χ4v) is 1.38. The standard InChI is InChI=1S/C11H8ClN3O3/c1-7-6-13-11(12)14-10(7)18-9-4-2-8(3-5-9)15(16)17/h2-6H,1H3. The number of non-ortho nitro benzene ring substituents is 1. The zero-order valence-corrected chi connectivity index (χ0v) is 10.1. The molecule has 0 saturated carbocycles. The minimum atomic E-state index is -0.476. The molecule has 7 heteroatoms. The first kappa shape index (κ1) is 12.3. The van der Waals surface area contributed by atoms with Crippen LogP contribution in [-0.4, -0.2) is 14.9 Å². The number of hydrogen-bond donors (Lipinski definition) is 0. The number of hydrogen-bond acceptors (Lipinski definition) is 5. The summed E-state index contributed by atoms with van der Waals surface area (Å²) in [5.74, 6) is 0.766. The molecule has 2 aromatic rings. The maximum absolute atomic E-state index is 10.5. The lowest BCUT2D eigenvalue weighted by molar-refractivity contribution is -0.384. The zero-order valence-electron chi connectivity index (χ0n) is 9.33. The normalized spacial score (nSPS) is 10.1. The summed E-state index contributed by atoms with van der Waals surface area (Å²) in [6, 6.07) is 5.70. The third kappa shape index (κ3) is 2.72. The number of halogens is 1. The van der Waals surface area contributed by atoms with Crippen LogP contribution in [0.3, 0.4) is 0 Å². The number of aromatic nitrogens is 2. The Kier molecular flexibility index (Phi) is 3.38. The lowest BCUT2D eigenvalue weighted by atomic mass is 10.3. The molecule has 0 aliphatic rings. The molecule has 0 amide bonds. The zero-order chi connectivity index (χ0) is 13.1. The van der Waals surface area contributed by atoms with Crippen molar-refractivity contribution in [2.75, 3.05) is 0 Å². The van der Waals surface area contributed by atoms with Crippen molar-refractivity contribution in [3.8, 4) is 11.6 Å². The summed E-state index contributed by atoms with van der Waals surface area (Å²) < 4.78 is 5.47. The van der Waals surface area contributed by atoms with Crippen molar-refractivity contribution < 1.29 is 9.66 Å². The van der Waals surface area contributed by atoms with E-state index in [-0.39, 0.29) is 11.0 Å². The smallest absolute Gasteiger partial charge is 0.269 e. The van der Waals surface area contributed by atoms with Crippen molar-refractivity contribution in [3.63, 3.8) is 0 Å². The van der Waals surface area contributed by atoms with Crippen molar-refractivity contribution in [3.05, 3.63) is 51.4 Å². The molecule has 92 valence electrons. The number of rotatable bonds is 3. The van der Waals surface area contributed by atoms with E-state index in [0.29, 0.717) is 11.6 Å². The Hall–Kier alpha value is -2.21. The van der Waals surface area contributed by atoms with Gasteiger partial charge in [-0.3, -0.25) is 10.1 Å². The summed E-state index contributed by atoms with van der Waals surface area (Å²) in [6.45, 7) is 1.77. The molecular weight excluding hydrogens is 258 g/mol. The van der Waals surface area contributed by atoms with Crippen LogP contribution in [0.15, 0.2) is 30.5 Å². The van der Waals surface area contributed by atoms with E-state index in [1.807, 2.05) is 0 Å². The van der Waals surface area contributed by atoms with Crippen LogP contribution < -0.4 is 4.74 Å². The van der Waals surface area contributed by atoms with Gasteiger partial charge in [0.25, 0.3) is 5.69 Å². The number of nitro groups is 1. The van der Waals surface area contributed by atoms with E-state index in [1.165, 1.54) is 30.5 Å². The van der Waals surface area contributed by atoms with Crippen LogP contribution in [0.5, 0.6) is 11.6 Å². The second kappa shape index (κ2) is 4.97. The summed E-state index contributed by atoms with van der Waals surface area (Å²) in [6.07, 6.45) is 1.54. The van der Waals surface area contributed by atoms with Crippen molar-refractivity contribution in [2.45, 2.75) is 6.92 Å². The molecule has 0 spiro atoms. The van der Waals surface area contributed by atoms with Gasteiger partial charge in [-0.1, -0.05) is 0 Å². The molecule has 0 aliphatic heterocycles. The number of benzene rings is 1. The van der Waals surface area contributed by atoms with Crippen LogP contribution in [0.2, 0.25) is 5.28 Å². The van der Waals surface area contributed by atoms with Crippen LogP contribution in [0.4, 0.5) is 5.69 Å². The Morgan fingerprint density at radius 3 is 2.61 bits per heavy atom. The molecule has 6 nitrogen and oxygen atoms in total. The van der Waals surface area contributed by atoms with E-state index < -0.39 is 4.92 Å². The molecule has 2 rings (SSSR count). The van der Waals surface area contributed by atoms with Crippen LogP contribution in [0.1, 0.15) is 5.56 Å². The highest BCUT2D eigenvalue weighted by atomic mass is 35.5. The molecule has 0 bridgehead atoms. The molecule has 0 saturated heterocycles. The molecule has 0 aliphatic carbocycles. The number of ether oxygens (including phenoxy) is 1. The quantitative estimate of drug-likeness (QED) is 0.484. The highest BCUT2D eigenvalue weighted by Crippen LogP contribution is 2.25. The molecular formula is C11H8ClN3O3. The second-order valence-corrected chi connectivity index (χ2v) is 3.82. The van der Waals surface area contributed by atoms with Gasteiger partial charge in [0.1, 0.15) is 5.75 Å². The van der Waals surface area contributed by atoms with Crippen LogP contribution in [0, 0.1) is 17.0 Å². The largest absolute Gasteiger partial charge is 0.439 e. The van der Waals surface area contributed by atoms with Gasteiger partial charge in [0.05, 0.1) is 4.92 Å². The van der Waals surface area contributed by atoms with Gasteiger partial charge in [-0.05, 0) is 30.7 Å². The van der Waals surface area contributed by atoms with Gasteiger partial charge in [0.2, 0.25) is 11.2 Å². The molecule has 18 heavy (non-hydrogen) atoms. The summed E-state index contributed by atoms with van der Waals surface area (Å²) in [5, 5.41) is 10.6. The molecule has 1 heterocycles. The first-order chi connectivity index (χ1) is 8.56. The summed E-state index contributed by atoms with van der Waals surface area (Å²) in [7, 11) is 0. The van der Waals surface area contributed by atoms with Crippen molar-refractivity contribution in [1.29, 1.82) is 0 Å². The average Bonchev–Trinajstić information content (AvgIpc) is 2.34. The van der Waals surface area contributed by atoms with Gasteiger partial charge in [-0.2, -0.15) is 4.98 Å². The second-order valence-electron chi connectivity index (χ2n) is 3.48. The topological polar surface area (TPSA) is 78.2 Å². The number of nitrogens with zero attached hydrogens (tertiary/aromatic N) is 3. The van der Waals surface area contributed by atoms with Crippen LogP contribution >= 0.6 is 11.6 Å². The maximum Gasteiger partial charge on any atom is 0.269 e. The SMILES string of the molecule is Cc1cnc(Cl)nc1Oc1ccc([N+](=O)[O-])cc1. The molecule has 0 fully saturated rings. The minimum absolute atomic E-state index is 0.000193. The summed E-state index contributed by atoms with van der Waals surface area (Å²) in [4.78, 5) is 17.7. The predicted octanol–water partition coefficient (Wildman–Crippen LogP) is 3.14. The van der Waals surface area contributed by atoms with Gasteiger partial charge in [0, 0.05) is 23.9 Å². The van der Waals surface area contributed by atoms with E-state index in [4.69, 9.17) is 16.3 Å². The summed E-state index contributed by atoms with van der Waals surface area (Å²) in [5.41, 5.74) is 0.720. The molecule has 0 unspecified atom stereocenters. The van der Waals surface area contributed by atoms with E-state index in [1.54, 1.807) is 6.92 Å². The third-order valence-corrected chi connectivity index (χ3v) is 2.34. The highest BCUT2D eigenvalue weighted by Gasteiger charge is 2.08. The first-order valence-electron chi connectivity index (χ1n) is 4.98. The Bertz CT molecular complexity index is 587. The predicted molar refractivity (Wildman–Crippen MR) is 64.9 cm³/mol. The van der Waals surface area contributed by atoms with E-state index in [0.717, 1.165) is 5.56 Å².